The van der Waals surface area contributed by atoms with Gasteiger partial charge >= 0.3 is 5.63 Å². The molecule has 36 heavy (non-hydrogen) atoms. The zero-order chi connectivity index (χ0) is 25.3. The lowest BCUT2D eigenvalue weighted by Gasteiger charge is -2.22. The van der Waals surface area contributed by atoms with E-state index in [1.807, 2.05) is 36.4 Å². The van der Waals surface area contributed by atoms with Gasteiger partial charge in [-0.1, -0.05) is 69.2 Å². The van der Waals surface area contributed by atoms with Crippen LogP contribution in [0.15, 0.2) is 88.1 Å². The van der Waals surface area contributed by atoms with Crippen LogP contribution in [0.4, 0.5) is 5.69 Å². The van der Waals surface area contributed by atoms with Gasteiger partial charge in [-0.05, 0) is 73.5 Å². The molecule has 0 atom stereocenters. The first-order valence-electron chi connectivity index (χ1n) is 12.8. The van der Waals surface area contributed by atoms with Crippen molar-refractivity contribution in [2.75, 3.05) is 18.4 Å². The normalized spacial score (nSPS) is 11.2. The summed E-state index contributed by atoms with van der Waals surface area (Å²) in [5.41, 5.74) is 3.89. The van der Waals surface area contributed by atoms with Gasteiger partial charge in [0.15, 0.2) is 0 Å². The van der Waals surface area contributed by atoms with Crippen LogP contribution in [0.5, 0.6) is 0 Å². The first-order chi connectivity index (χ1) is 17.6. The molecule has 4 aromatic rings. The Bertz CT molecular complexity index is 1330. The molecular weight excluding hydrogens is 448 g/mol. The molecule has 0 unspecified atom stereocenters. The monoisotopic (exact) mass is 482 g/mol. The molecule has 5 heteroatoms. The Kier molecular flexibility index (Phi) is 8.69. The maximum atomic E-state index is 12.8. The van der Waals surface area contributed by atoms with Crippen LogP contribution in [0, 0.1) is 0 Å². The Labute approximate surface area is 212 Å². The third-order valence-electron chi connectivity index (χ3n) is 6.37. The van der Waals surface area contributed by atoms with Crippen LogP contribution in [0.2, 0.25) is 0 Å². The van der Waals surface area contributed by atoms with E-state index < -0.39 is 5.63 Å². The van der Waals surface area contributed by atoms with Gasteiger partial charge in [0.05, 0.1) is 5.56 Å². The second-order valence-corrected chi connectivity index (χ2v) is 9.20. The molecule has 0 radical (unpaired) electrons. The minimum absolute atomic E-state index is 0.188. The molecule has 186 valence electrons. The van der Waals surface area contributed by atoms with Crippen LogP contribution < -0.4 is 10.9 Å². The average Bonchev–Trinajstić information content (AvgIpc) is 2.91. The summed E-state index contributed by atoms with van der Waals surface area (Å²) in [6, 6.07) is 24.3. The number of carbonyl (C=O) groups is 1. The van der Waals surface area contributed by atoms with Gasteiger partial charge in [-0.2, -0.15) is 0 Å². The number of rotatable bonds is 11. The quantitative estimate of drug-likeness (QED) is 0.231. The Morgan fingerprint density at radius 3 is 2.19 bits per heavy atom. The summed E-state index contributed by atoms with van der Waals surface area (Å²) in [5.74, 6) is -0.188. The van der Waals surface area contributed by atoms with Crippen molar-refractivity contribution in [2.24, 2.45) is 0 Å². The van der Waals surface area contributed by atoms with E-state index in [-0.39, 0.29) is 5.91 Å². The molecule has 4 rings (SSSR count). The van der Waals surface area contributed by atoms with Gasteiger partial charge in [0, 0.05) is 23.2 Å². The standard InChI is InChI=1S/C31H34N2O3/c1-3-5-19-33(20-6-4-2)22-23-11-17-27(18-12-23)32-30(34)25-15-13-24(14-16-25)28-21-26-9-7-8-10-29(26)36-31(28)35/h7-18,21H,3-6,19-20,22H2,1-2H3,(H,32,34). The summed E-state index contributed by atoms with van der Waals surface area (Å²) in [7, 11) is 0. The molecule has 3 aromatic carbocycles. The van der Waals surface area contributed by atoms with Gasteiger partial charge in [0.25, 0.3) is 5.91 Å². The highest BCUT2D eigenvalue weighted by Crippen LogP contribution is 2.22. The highest BCUT2D eigenvalue weighted by molar-refractivity contribution is 6.04. The van der Waals surface area contributed by atoms with Crippen LogP contribution in [0.1, 0.15) is 55.5 Å². The molecule has 0 saturated heterocycles. The lowest BCUT2D eigenvalue weighted by atomic mass is 10.0. The second kappa shape index (κ2) is 12.3. The zero-order valence-corrected chi connectivity index (χ0v) is 21.1. The van der Waals surface area contributed by atoms with Gasteiger partial charge in [-0.25, -0.2) is 4.79 Å². The van der Waals surface area contributed by atoms with Gasteiger partial charge < -0.3 is 9.73 Å². The maximum absolute atomic E-state index is 12.8. The third-order valence-corrected chi connectivity index (χ3v) is 6.37. The maximum Gasteiger partial charge on any atom is 0.344 e. The molecule has 0 saturated carbocycles. The van der Waals surface area contributed by atoms with E-state index in [2.05, 4.69) is 36.2 Å². The van der Waals surface area contributed by atoms with Crippen molar-refractivity contribution in [1.82, 2.24) is 4.90 Å². The average molecular weight is 483 g/mol. The summed E-state index contributed by atoms with van der Waals surface area (Å²) < 4.78 is 5.44. The topological polar surface area (TPSA) is 62.6 Å². The predicted molar refractivity (Wildman–Crippen MR) is 147 cm³/mol. The number of hydrogen-bond acceptors (Lipinski definition) is 4. The zero-order valence-electron chi connectivity index (χ0n) is 21.1. The molecule has 1 heterocycles. The predicted octanol–water partition coefficient (Wildman–Crippen LogP) is 7.11. The first-order valence-corrected chi connectivity index (χ1v) is 12.8. The number of unbranched alkanes of at least 4 members (excludes halogenated alkanes) is 2. The first kappa shape index (κ1) is 25.4. The molecule has 1 aromatic heterocycles. The smallest absolute Gasteiger partial charge is 0.344 e. The van der Waals surface area contributed by atoms with E-state index in [0.29, 0.717) is 22.3 Å². The molecule has 0 spiro atoms. The number of nitrogens with one attached hydrogen (secondary N) is 1. The van der Waals surface area contributed by atoms with Gasteiger partial charge in [0.2, 0.25) is 0 Å². The number of benzene rings is 3. The van der Waals surface area contributed by atoms with E-state index in [4.69, 9.17) is 4.42 Å². The van der Waals surface area contributed by atoms with Gasteiger partial charge in [-0.3, -0.25) is 9.69 Å². The summed E-state index contributed by atoms with van der Waals surface area (Å²) in [6.07, 6.45) is 4.82. The molecule has 0 fully saturated rings. The van der Waals surface area contributed by atoms with Crippen molar-refractivity contribution in [3.05, 3.63) is 100 Å². The Morgan fingerprint density at radius 1 is 0.861 bits per heavy atom. The molecule has 5 nitrogen and oxygen atoms in total. The number of anilines is 1. The summed E-state index contributed by atoms with van der Waals surface area (Å²) in [4.78, 5) is 27.8. The van der Waals surface area contributed by atoms with Crippen LogP contribution in [-0.4, -0.2) is 23.9 Å². The van der Waals surface area contributed by atoms with Crippen molar-refractivity contribution in [1.29, 1.82) is 0 Å². The lowest BCUT2D eigenvalue weighted by molar-refractivity contribution is 0.102. The fraction of sp³-hybridized carbons (Fsp3) is 0.290. The summed E-state index contributed by atoms with van der Waals surface area (Å²) in [6.45, 7) is 7.61. The molecule has 0 bridgehead atoms. The highest BCUT2D eigenvalue weighted by Gasteiger charge is 2.11. The number of para-hydroxylation sites is 1. The number of hydrogen-bond donors (Lipinski definition) is 1. The van der Waals surface area contributed by atoms with Crippen LogP contribution in [-0.2, 0) is 6.54 Å². The Morgan fingerprint density at radius 2 is 1.53 bits per heavy atom. The molecule has 0 aliphatic carbocycles. The minimum Gasteiger partial charge on any atom is -0.422 e. The molecular formula is C31H34N2O3. The number of carbonyl (C=O) groups excluding carboxylic acids is 1. The van der Waals surface area contributed by atoms with Crippen molar-refractivity contribution < 1.29 is 9.21 Å². The lowest BCUT2D eigenvalue weighted by Crippen LogP contribution is -2.25. The summed E-state index contributed by atoms with van der Waals surface area (Å²) >= 11 is 0. The van der Waals surface area contributed by atoms with Crippen LogP contribution >= 0.6 is 0 Å². The van der Waals surface area contributed by atoms with Crippen molar-refractivity contribution in [3.63, 3.8) is 0 Å². The van der Waals surface area contributed by atoms with Crippen LogP contribution in [0.25, 0.3) is 22.1 Å². The fourth-order valence-electron chi connectivity index (χ4n) is 4.25. The largest absolute Gasteiger partial charge is 0.422 e. The van der Waals surface area contributed by atoms with E-state index in [0.717, 1.165) is 30.7 Å². The molecule has 1 N–H and O–H groups in total. The highest BCUT2D eigenvalue weighted by atomic mass is 16.4. The van der Waals surface area contributed by atoms with Gasteiger partial charge in [0.1, 0.15) is 5.58 Å². The van der Waals surface area contributed by atoms with Crippen molar-refractivity contribution >= 4 is 22.6 Å². The second-order valence-electron chi connectivity index (χ2n) is 9.20. The SMILES string of the molecule is CCCCN(CCCC)Cc1ccc(NC(=O)c2ccc(-c3cc4ccccc4oc3=O)cc2)cc1. The van der Waals surface area contributed by atoms with Crippen molar-refractivity contribution in [2.45, 2.75) is 46.1 Å². The number of nitrogens with zero attached hydrogens (tertiary/aromatic N) is 1. The van der Waals surface area contributed by atoms with Gasteiger partial charge in [-0.15, -0.1) is 0 Å². The molecule has 0 aliphatic rings. The van der Waals surface area contributed by atoms with E-state index in [9.17, 15) is 9.59 Å². The van der Waals surface area contributed by atoms with E-state index in [1.165, 1.54) is 31.2 Å². The van der Waals surface area contributed by atoms with Crippen LogP contribution in [0.3, 0.4) is 0 Å². The third kappa shape index (κ3) is 6.49. The fourth-order valence-corrected chi connectivity index (χ4v) is 4.25. The van der Waals surface area contributed by atoms with E-state index >= 15 is 0 Å². The van der Waals surface area contributed by atoms with Crippen molar-refractivity contribution in [3.8, 4) is 11.1 Å². The summed E-state index contributed by atoms with van der Waals surface area (Å²) in [5, 5.41) is 3.83. The van der Waals surface area contributed by atoms with E-state index in [1.54, 1.807) is 30.3 Å². The Hall–Kier alpha value is -3.70. The Balaban J connectivity index is 1.40. The minimum atomic E-state index is -0.394. The molecule has 0 aliphatic heterocycles. The number of fused-ring (bicyclic) bond motifs is 1. The number of amides is 1. The molecule has 1 amide bonds.